The van der Waals surface area contributed by atoms with E-state index in [1.807, 2.05) is 6.07 Å². The second-order valence-electron chi connectivity index (χ2n) is 4.07. The van der Waals surface area contributed by atoms with Crippen molar-refractivity contribution in [2.24, 2.45) is 0 Å². The van der Waals surface area contributed by atoms with E-state index >= 15 is 0 Å². The molecule has 0 bridgehead atoms. The summed E-state index contributed by atoms with van der Waals surface area (Å²) in [6.07, 6.45) is 0.423. The third-order valence-corrected chi connectivity index (χ3v) is 2.77. The lowest BCUT2D eigenvalue weighted by molar-refractivity contribution is 0.0915. The molecule has 0 aliphatic carbocycles. The zero-order valence-corrected chi connectivity index (χ0v) is 10.6. The monoisotopic (exact) mass is 250 g/mol. The maximum Gasteiger partial charge on any atom is 0.259 e. The van der Waals surface area contributed by atoms with Crippen LogP contribution in [0.4, 0.5) is 4.39 Å². The molecule has 1 aromatic carbocycles. The molecule has 4 nitrogen and oxygen atoms in total. The van der Waals surface area contributed by atoms with Gasteiger partial charge in [-0.15, -0.1) is 0 Å². The SMILES string of the molecule is CCC(C)(C#N)NC(=O)c1c(F)cccc1OC. The van der Waals surface area contributed by atoms with Crippen LogP contribution < -0.4 is 10.1 Å². The Morgan fingerprint density at radius 1 is 1.61 bits per heavy atom. The van der Waals surface area contributed by atoms with Crippen LogP contribution in [0.3, 0.4) is 0 Å². The number of nitriles is 1. The number of hydrogen-bond acceptors (Lipinski definition) is 3. The van der Waals surface area contributed by atoms with Crippen molar-refractivity contribution in [1.82, 2.24) is 5.32 Å². The Labute approximate surface area is 105 Å². The molecule has 0 aliphatic heterocycles. The normalized spacial score (nSPS) is 13.3. The number of hydrogen-bond donors (Lipinski definition) is 1. The van der Waals surface area contributed by atoms with Gasteiger partial charge in [-0.05, 0) is 25.5 Å². The summed E-state index contributed by atoms with van der Waals surface area (Å²) < 4.78 is 18.6. The highest BCUT2D eigenvalue weighted by Crippen LogP contribution is 2.22. The van der Waals surface area contributed by atoms with Crippen LogP contribution in [0.15, 0.2) is 18.2 Å². The molecule has 0 spiro atoms. The minimum absolute atomic E-state index is 0.142. The van der Waals surface area contributed by atoms with E-state index in [0.717, 1.165) is 0 Å². The molecule has 18 heavy (non-hydrogen) atoms. The zero-order chi connectivity index (χ0) is 13.8. The molecule has 0 aromatic heterocycles. The smallest absolute Gasteiger partial charge is 0.259 e. The fourth-order valence-electron chi connectivity index (χ4n) is 1.40. The Kier molecular flexibility index (Phi) is 4.27. The van der Waals surface area contributed by atoms with Gasteiger partial charge in [-0.25, -0.2) is 4.39 Å². The number of nitrogens with zero attached hydrogens (tertiary/aromatic N) is 1. The molecule has 1 amide bonds. The molecule has 0 saturated heterocycles. The Hall–Kier alpha value is -2.09. The number of rotatable bonds is 4. The number of amides is 1. The van der Waals surface area contributed by atoms with E-state index in [-0.39, 0.29) is 11.3 Å². The number of halogens is 1. The molecule has 5 heteroatoms. The molecular formula is C13H15FN2O2. The van der Waals surface area contributed by atoms with E-state index in [1.54, 1.807) is 13.8 Å². The molecule has 0 saturated carbocycles. The van der Waals surface area contributed by atoms with Crippen LogP contribution in [0.5, 0.6) is 5.75 Å². The minimum Gasteiger partial charge on any atom is -0.496 e. The van der Waals surface area contributed by atoms with Crippen LogP contribution in [0.2, 0.25) is 0 Å². The first kappa shape index (κ1) is 14.0. The second kappa shape index (κ2) is 5.50. The van der Waals surface area contributed by atoms with Gasteiger partial charge in [-0.2, -0.15) is 5.26 Å². The molecule has 1 N–H and O–H groups in total. The average Bonchev–Trinajstić information content (AvgIpc) is 2.37. The van der Waals surface area contributed by atoms with Gasteiger partial charge in [0.2, 0.25) is 0 Å². The van der Waals surface area contributed by atoms with Crippen LogP contribution in [0, 0.1) is 17.1 Å². The summed E-state index contributed by atoms with van der Waals surface area (Å²) in [6, 6.07) is 6.11. The first-order valence-corrected chi connectivity index (χ1v) is 5.53. The number of nitrogens with one attached hydrogen (secondary N) is 1. The van der Waals surface area contributed by atoms with E-state index in [1.165, 1.54) is 25.3 Å². The molecule has 0 aliphatic rings. The number of carbonyl (C=O) groups excluding carboxylic acids is 1. The molecule has 1 unspecified atom stereocenters. The lowest BCUT2D eigenvalue weighted by Gasteiger charge is -2.22. The summed E-state index contributed by atoms with van der Waals surface area (Å²) in [5.74, 6) is -1.19. The van der Waals surface area contributed by atoms with Crippen molar-refractivity contribution < 1.29 is 13.9 Å². The second-order valence-corrected chi connectivity index (χ2v) is 4.07. The Bertz CT molecular complexity index is 496. The average molecular weight is 250 g/mol. The molecule has 1 atom stereocenters. The van der Waals surface area contributed by atoms with Crippen LogP contribution in [0.1, 0.15) is 30.6 Å². The van der Waals surface area contributed by atoms with Crippen molar-refractivity contribution >= 4 is 5.91 Å². The molecular weight excluding hydrogens is 235 g/mol. The van der Waals surface area contributed by atoms with E-state index in [9.17, 15) is 9.18 Å². The first-order chi connectivity index (χ1) is 8.47. The highest BCUT2D eigenvalue weighted by Gasteiger charge is 2.27. The van der Waals surface area contributed by atoms with E-state index in [2.05, 4.69) is 5.32 Å². The number of methoxy groups -OCH3 is 1. The van der Waals surface area contributed by atoms with E-state index in [4.69, 9.17) is 10.00 Å². The van der Waals surface area contributed by atoms with Gasteiger partial charge in [-0.1, -0.05) is 13.0 Å². The van der Waals surface area contributed by atoms with Gasteiger partial charge in [-0.3, -0.25) is 4.79 Å². The lowest BCUT2D eigenvalue weighted by Crippen LogP contribution is -2.44. The molecule has 0 fully saturated rings. The van der Waals surface area contributed by atoms with Gasteiger partial charge in [0.1, 0.15) is 22.7 Å². The quantitative estimate of drug-likeness (QED) is 0.891. The highest BCUT2D eigenvalue weighted by molar-refractivity contribution is 5.97. The third kappa shape index (κ3) is 2.77. The van der Waals surface area contributed by atoms with Gasteiger partial charge >= 0.3 is 0 Å². The highest BCUT2D eigenvalue weighted by atomic mass is 19.1. The van der Waals surface area contributed by atoms with Gasteiger partial charge in [0.05, 0.1) is 13.2 Å². The Morgan fingerprint density at radius 2 is 2.28 bits per heavy atom. The fraction of sp³-hybridized carbons (Fsp3) is 0.385. The summed E-state index contributed by atoms with van der Waals surface area (Å²) >= 11 is 0. The van der Waals surface area contributed by atoms with Gasteiger partial charge < -0.3 is 10.1 Å². The number of ether oxygens (including phenoxy) is 1. The molecule has 1 aromatic rings. The number of carbonyl (C=O) groups is 1. The lowest BCUT2D eigenvalue weighted by atomic mass is 10.0. The van der Waals surface area contributed by atoms with Gasteiger partial charge in [0.25, 0.3) is 5.91 Å². The van der Waals surface area contributed by atoms with Gasteiger partial charge in [0, 0.05) is 0 Å². The van der Waals surface area contributed by atoms with Gasteiger partial charge in [0.15, 0.2) is 0 Å². The standard InChI is InChI=1S/C13H15FN2O2/c1-4-13(2,8-15)16-12(17)11-9(14)6-5-7-10(11)18-3/h5-7H,4H2,1-3H3,(H,16,17). The van der Waals surface area contributed by atoms with Crippen LogP contribution in [0.25, 0.3) is 0 Å². The van der Waals surface area contributed by atoms with Crippen molar-refractivity contribution in [2.75, 3.05) is 7.11 Å². The third-order valence-electron chi connectivity index (χ3n) is 2.77. The predicted octanol–water partition coefficient (Wildman–Crippen LogP) is 2.26. The first-order valence-electron chi connectivity index (χ1n) is 5.53. The maximum atomic E-state index is 13.6. The zero-order valence-electron chi connectivity index (χ0n) is 10.6. The van der Waals surface area contributed by atoms with Crippen LogP contribution in [-0.4, -0.2) is 18.6 Å². The van der Waals surface area contributed by atoms with Crippen molar-refractivity contribution in [3.63, 3.8) is 0 Å². The molecule has 0 radical (unpaired) electrons. The topological polar surface area (TPSA) is 62.1 Å². The summed E-state index contributed by atoms with van der Waals surface area (Å²) in [5.41, 5.74) is -1.21. The van der Waals surface area contributed by atoms with Crippen molar-refractivity contribution in [1.29, 1.82) is 5.26 Å². The molecule has 96 valence electrons. The Morgan fingerprint density at radius 3 is 2.78 bits per heavy atom. The molecule has 0 heterocycles. The summed E-state index contributed by atoms with van der Waals surface area (Å²) in [5, 5.41) is 11.5. The van der Waals surface area contributed by atoms with E-state index < -0.39 is 17.3 Å². The summed E-state index contributed by atoms with van der Waals surface area (Å²) in [6.45, 7) is 3.35. The van der Waals surface area contributed by atoms with E-state index in [0.29, 0.717) is 6.42 Å². The van der Waals surface area contributed by atoms with Crippen LogP contribution >= 0.6 is 0 Å². The Balaban J connectivity index is 3.09. The van der Waals surface area contributed by atoms with Crippen molar-refractivity contribution in [3.05, 3.63) is 29.6 Å². The largest absolute Gasteiger partial charge is 0.496 e. The summed E-state index contributed by atoms with van der Waals surface area (Å²) in [7, 11) is 1.36. The van der Waals surface area contributed by atoms with Crippen molar-refractivity contribution in [2.45, 2.75) is 25.8 Å². The maximum absolute atomic E-state index is 13.6. The summed E-state index contributed by atoms with van der Waals surface area (Å²) in [4.78, 5) is 12.0. The predicted molar refractivity (Wildman–Crippen MR) is 64.7 cm³/mol. The van der Waals surface area contributed by atoms with Crippen LogP contribution in [-0.2, 0) is 0 Å². The molecule has 1 rings (SSSR count). The minimum atomic E-state index is -1.02. The van der Waals surface area contributed by atoms with Crippen molar-refractivity contribution in [3.8, 4) is 11.8 Å². The number of benzene rings is 1. The fourth-order valence-corrected chi connectivity index (χ4v) is 1.40.